The number of nitrogens with two attached hydrogens (primary N) is 1. The number of benzene rings is 2. The zero-order chi connectivity index (χ0) is 13.5. The lowest BCUT2D eigenvalue weighted by Crippen LogP contribution is -1.96. The normalized spacial score (nSPS) is 11.4. The quantitative estimate of drug-likeness (QED) is 0.519. The van der Waals surface area contributed by atoms with Gasteiger partial charge in [-0.1, -0.05) is 30.3 Å². The fourth-order valence-electron chi connectivity index (χ4n) is 2.51. The van der Waals surface area contributed by atoms with Gasteiger partial charge in [-0.05, 0) is 17.7 Å². The van der Waals surface area contributed by atoms with Gasteiger partial charge >= 0.3 is 0 Å². The third-order valence-electron chi connectivity index (χ3n) is 3.51. The van der Waals surface area contributed by atoms with Gasteiger partial charge in [0.25, 0.3) is 0 Å². The number of aromatic amines is 2. The third-order valence-corrected chi connectivity index (χ3v) is 3.51. The number of hydrogen-bond acceptors (Lipinski definition) is 3. The molecule has 2 aromatic carbocycles. The summed E-state index contributed by atoms with van der Waals surface area (Å²) in [5.41, 5.74) is 10.5. The summed E-state index contributed by atoms with van der Waals surface area (Å²) in [6.45, 7) is 0.475. The van der Waals surface area contributed by atoms with Crippen LogP contribution in [-0.2, 0) is 6.54 Å². The summed E-state index contributed by atoms with van der Waals surface area (Å²) in [5.74, 6) is 0.762. The first-order chi connectivity index (χ1) is 9.86. The van der Waals surface area contributed by atoms with E-state index >= 15 is 0 Å². The van der Waals surface area contributed by atoms with E-state index in [1.54, 1.807) is 0 Å². The van der Waals surface area contributed by atoms with Crippen molar-refractivity contribution >= 4 is 21.9 Å². The summed E-state index contributed by atoms with van der Waals surface area (Å²) in [7, 11) is 0. The highest BCUT2D eigenvalue weighted by Crippen LogP contribution is 2.26. The minimum absolute atomic E-state index is 0.475. The molecule has 2 heterocycles. The van der Waals surface area contributed by atoms with Crippen LogP contribution in [0.2, 0.25) is 0 Å². The lowest BCUT2D eigenvalue weighted by atomic mass is 10.2. The van der Waals surface area contributed by atoms with Crippen LogP contribution in [0.15, 0.2) is 42.5 Å². The van der Waals surface area contributed by atoms with E-state index in [1.807, 2.05) is 42.5 Å². The number of aromatic nitrogens is 4. The fourth-order valence-corrected chi connectivity index (χ4v) is 2.51. The minimum Gasteiger partial charge on any atom is -0.337 e. The molecule has 2 aromatic heterocycles. The van der Waals surface area contributed by atoms with Crippen molar-refractivity contribution in [1.29, 1.82) is 0 Å². The van der Waals surface area contributed by atoms with Gasteiger partial charge in [-0.25, -0.2) is 4.98 Å². The second kappa shape index (κ2) is 4.18. The molecule has 98 valence electrons. The SMILES string of the molecule is NCc1cccc2[nH]c(-c3n[nH]c4ccccc34)nc12. The number of H-pyrrole nitrogens is 2. The zero-order valence-corrected chi connectivity index (χ0v) is 10.7. The number of nitrogens with zero attached hydrogens (tertiary/aromatic N) is 2. The van der Waals surface area contributed by atoms with E-state index in [2.05, 4.69) is 20.2 Å². The second-order valence-electron chi connectivity index (χ2n) is 4.72. The van der Waals surface area contributed by atoms with Gasteiger partial charge in [-0.2, -0.15) is 5.10 Å². The molecule has 5 nitrogen and oxygen atoms in total. The molecule has 0 radical (unpaired) electrons. The molecule has 4 aromatic rings. The number of nitrogens with one attached hydrogen (secondary N) is 2. The van der Waals surface area contributed by atoms with Crippen LogP contribution in [0.25, 0.3) is 33.5 Å². The Bertz CT molecular complexity index is 903. The van der Waals surface area contributed by atoms with Gasteiger partial charge in [0.2, 0.25) is 0 Å². The Labute approximate surface area is 114 Å². The second-order valence-corrected chi connectivity index (χ2v) is 4.72. The Hall–Kier alpha value is -2.66. The molecule has 0 amide bonds. The molecule has 0 aliphatic rings. The summed E-state index contributed by atoms with van der Waals surface area (Å²) < 4.78 is 0. The third kappa shape index (κ3) is 1.53. The summed E-state index contributed by atoms with van der Waals surface area (Å²) >= 11 is 0. The van der Waals surface area contributed by atoms with Gasteiger partial charge < -0.3 is 10.7 Å². The van der Waals surface area contributed by atoms with Crippen molar-refractivity contribution in [3.8, 4) is 11.5 Å². The molecule has 0 unspecified atom stereocenters. The molecular formula is C15H13N5. The van der Waals surface area contributed by atoms with Crippen LogP contribution in [0.1, 0.15) is 5.56 Å². The summed E-state index contributed by atoms with van der Waals surface area (Å²) in [6, 6.07) is 14.0. The van der Waals surface area contributed by atoms with E-state index < -0.39 is 0 Å². The van der Waals surface area contributed by atoms with Crippen molar-refractivity contribution in [2.75, 3.05) is 0 Å². The number of hydrogen-bond donors (Lipinski definition) is 3. The average molecular weight is 263 g/mol. The number of para-hydroxylation sites is 2. The highest BCUT2D eigenvalue weighted by atomic mass is 15.1. The minimum atomic E-state index is 0.475. The Morgan fingerprint density at radius 3 is 2.75 bits per heavy atom. The first-order valence-electron chi connectivity index (χ1n) is 6.48. The summed E-state index contributed by atoms with van der Waals surface area (Å²) in [6.07, 6.45) is 0. The van der Waals surface area contributed by atoms with Crippen LogP contribution >= 0.6 is 0 Å². The highest BCUT2D eigenvalue weighted by Gasteiger charge is 2.13. The van der Waals surface area contributed by atoms with Crippen LogP contribution in [0.4, 0.5) is 0 Å². The standard InChI is InChI=1S/C15H13N5/c16-8-9-4-3-7-12-13(9)18-15(17-12)14-10-5-1-2-6-11(10)19-20-14/h1-7H,8,16H2,(H,17,18)(H,19,20). The maximum atomic E-state index is 5.76. The zero-order valence-electron chi connectivity index (χ0n) is 10.7. The van der Waals surface area contributed by atoms with Crippen molar-refractivity contribution in [1.82, 2.24) is 20.2 Å². The fraction of sp³-hybridized carbons (Fsp3) is 0.0667. The van der Waals surface area contributed by atoms with Crippen LogP contribution in [0.5, 0.6) is 0 Å². The molecule has 4 rings (SSSR count). The highest BCUT2D eigenvalue weighted by molar-refractivity contribution is 5.93. The lowest BCUT2D eigenvalue weighted by molar-refractivity contribution is 1.08. The molecule has 0 saturated carbocycles. The van der Waals surface area contributed by atoms with Crippen LogP contribution in [-0.4, -0.2) is 20.2 Å². The van der Waals surface area contributed by atoms with Crippen LogP contribution < -0.4 is 5.73 Å². The van der Waals surface area contributed by atoms with Gasteiger partial charge in [0.15, 0.2) is 5.82 Å². The first kappa shape index (κ1) is 11.2. The molecule has 5 heteroatoms. The van der Waals surface area contributed by atoms with E-state index in [0.29, 0.717) is 6.54 Å². The van der Waals surface area contributed by atoms with Crippen molar-refractivity contribution in [2.45, 2.75) is 6.54 Å². The van der Waals surface area contributed by atoms with Crippen molar-refractivity contribution in [2.24, 2.45) is 5.73 Å². The molecule has 4 N–H and O–H groups in total. The van der Waals surface area contributed by atoms with Crippen molar-refractivity contribution in [3.63, 3.8) is 0 Å². The average Bonchev–Trinajstić information content (AvgIpc) is 3.10. The Morgan fingerprint density at radius 1 is 1.00 bits per heavy atom. The molecule has 0 saturated heterocycles. The van der Waals surface area contributed by atoms with E-state index in [-0.39, 0.29) is 0 Å². The van der Waals surface area contributed by atoms with Crippen molar-refractivity contribution < 1.29 is 0 Å². The molecular weight excluding hydrogens is 250 g/mol. The Morgan fingerprint density at radius 2 is 1.85 bits per heavy atom. The van der Waals surface area contributed by atoms with E-state index in [0.717, 1.165) is 39.0 Å². The first-order valence-corrected chi connectivity index (χ1v) is 6.48. The monoisotopic (exact) mass is 263 g/mol. The molecule has 20 heavy (non-hydrogen) atoms. The maximum absolute atomic E-state index is 5.76. The smallest absolute Gasteiger partial charge is 0.159 e. The van der Waals surface area contributed by atoms with E-state index in [4.69, 9.17) is 5.73 Å². The van der Waals surface area contributed by atoms with Gasteiger partial charge in [-0.3, -0.25) is 5.10 Å². The lowest BCUT2D eigenvalue weighted by Gasteiger charge is -1.95. The Kier molecular flexibility index (Phi) is 2.34. The topological polar surface area (TPSA) is 83.4 Å². The predicted molar refractivity (Wildman–Crippen MR) is 79.1 cm³/mol. The van der Waals surface area contributed by atoms with Crippen LogP contribution in [0.3, 0.4) is 0 Å². The van der Waals surface area contributed by atoms with Gasteiger partial charge in [0, 0.05) is 11.9 Å². The van der Waals surface area contributed by atoms with Gasteiger partial charge in [-0.15, -0.1) is 0 Å². The van der Waals surface area contributed by atoms with Crippen LogP contribution in [0, 0.1) is 0 Å². The molecule has 0 fully saturated rings. The number of rotatable bonds is 2. The molecule has 0 atom stereocenters. The largest absolute Gasteiger partial charge is 0.337 e. The summed E-state index contributed by atoms with van der Waals surface area (Å²) in [5, 5.41) is 8.45. The molecule has 0 spiro atoms. The molecule has 0 aliphatic carbocycles. The number of imidazole rings is 1. The molecule has 0 bridgehead atoms. The predicted octanol–water partition coefficient (Wildman–Crippen LogP) is 2.56. The van der Waals surface area contributed by atoms with Gasteiger partial charge in [0.05, 0.1) is 16.6 Å². The molecule has 0 aliphatic heterocycles. The number of fused-ring (bicyclic) bond motifs is 2. The van der Waals surface area contributed by atoms with E-state index in [1.165, 1.54) is 0 Å². The van der Waals surface area contributed by atoms with Crippen molar-refractivity contribution in [3.05, 3.63) is 48.0 Å². The van der Waals surface area contributed by atoms with E-state index in [9.17, 15) is 0 Å². The van der Waals surface area contributed by atoms with Gasteiger partial charge in [0.1, 0.15) is 5.69 Å². The summed E-state index contributed by atoms with van der Waals surface area (Å²) in [4.78, 5) is 7.97. The Balaban J connectivity index is 1.98. The maximum Gasteiger partial charge on any atom is 0.159 e.